The molecule has 5 nitrogen and oxygen atoms in total. The van der Waals surface area contributed by atoms with Gasteiger partial charge in [0.1, 0.15) is 11.6 Å². The van der Waals surface area contributed by atoms with Crippen molar-refractivity contribution in [3.8, 4) is 0 Å². The number of hydrogen-bond donors (Lipinski definition) is 1. The Hall–Kier alpha value is -1.85. The van der Waals surface area contributed by atoms with Crippen LogP contribution in [0.15, 0.2) is 17.2 Å². The third kappa shape index (κ3) is 4.73. The SMILES string of the molecule is [N-]=[N+]=NCCCCNC(=O)c1cc(F)c(Cl)cc1F. The topological polar surface area (TPSA) is 77.9 Å². The maximum Gasteiger partial charge on any atom is 0.254 e. The number of carbonyl (C=O) groups is 1. The normalized spacial score (nSPS) is 9.84. The van der Waals surface area contributed by atoms with Gasteiger partial charge in [-0.1, -0.05) is 16.7 Å². The molecule has 0 radical (unpaired) electrons. The standard InChI is InChI=1S/C11H11ClF2N4O/c12-8-6-9(13)7(5-10(8)14)11(19)16-3-1-2-4-17-18-15/h5-6H,1-4H2,(H,16,19). The predicted molar refractivity (Wildman–Crippen MR) is 66.9 cm³/mol. The summed E-state index contributed by atoms with van der Waals surface area (Å²) in [7, 11) is 0. The summed E-state index contributed by atoms with van der Waals surface area (Å²) in [4.78, 5) is 14.2. The Morgan fingerprint density at radius 1 is 1.37 bits per heavy atom. The molecule has 0 spiro atoms. The first-order valence-corrected chi connectivity index (χ1v) is 5.87. The van der Waals surface area contributed by atoms with Gasteiger partial charge in [-0.3, -0.25) is 4.79 Å². The zero-order chi connectivity index (χ0) is 14.3. The van der Waals surface area contributed by atoms with Crippen LogP contribution in [0.4, 0.5) is 8.78 Å². The lowest BCUT2D eigenvalue weighted by Gasteiger charge is -2.06. The molecule has 1 aromatic rings. The molecule has 1 aromatic carbocycles. The summed E-state index contributed by atoms with van der Waals surface area (Å²) in [6, 6.07) is 1.51. The van der Waals surface area contributed by atoms with Gasteiger partial charge in [-0.2, -0.15) is 0 Å². The fraction of sp³-hybridized carbons (Fsp3) is 0.364. The van der Waals surface area contributed by atoms with Crippen LogP contribution in [0.2, 0.25) is 5.02 Å². The Balaban J connectivity index is 2.50. The van der Waals surface area contributed by atoms with E-state index >= 15 is 0 Å². The molecule has 0 unspecified atom stereocenters. The first-order chi connectivity index (χ1) is 9.06. The van der Waals surface area contributed by atoms with Crippen LogP contribution in [0.1, 0.15) is 23.2 Å². The molecule has 102 valence electrons. The van der Waals surface area contributed by atoms with Gasteiger partial charge in [-0.05, 0) is 30.5 Å². The van der Waals surface area contributed by atoms with E-state index in [0.29, 0.717) is 19.4 Å². The largest absolute Gasteiger partial charge is 0.352 e. The molecule has 0 aliphatic rings. The average Bonchev–Trinajstić information content (AvgIpc) is 2.37. The van der Waals surface area contributed by atoms with E-state index in [-0.39, 0.29) is 11.6 Å². The van der Waals surface area contributed by atoms with Crippen LogP contribution in [-0.4, -0.2) is 19.0 Å². The van der Waals surface area contributed by atoms with Gasteiger partial charge >= 0.3 is 0 Å². The Kier molecular flexibility index (Phi) is 6.05. The van der Waals surface area contributed by atoms with Crippen LogP contribution >= 0.6 is 11.6 Å². The Morgan fingerprint density at radius 2 is 2.11 bits per heavy atom. The highest BCUT2D eigenvalue weighted by molar-refractivity contribution is 6.30. The summed E-state index contributed by atoms with van der Waals surface area (Å²) in [5.74, 6) is -2.44. The van der Waals surface area contributed by atoms with Crippen molar-refractivity contribution in [1.29, 1.82) is 0 Å². The zero-order valence-corrected chi connectivity index (χ0v) is 10.6. The summed E-state index contributed by atoms with van der Waals surface area (Å²) < 4.78 is 26.5. The number of carbonyl (C=O) groups excluding carboxylic acids is 1. The van der Waals surface area contributed by atoms with Crippen molar-refractivity contribution in [2.45, 2.75) is 12.8 Å². The third-order valence-electron chi connectivity index (χ3n) is 2.29. The highest BCUT2D eigenvalue weighted by atomic mass is 35.5. The summed E-state index contributed by atoms with van der Waals surface area (Å²) in [5.41, 5.74) is 7.65. The smallest absolute Gasteiger partial charge is 0.254 e. The van der Waals surface area contributed by atoms with E-state index in [4.69, 9.17) is 17.1 Å². The van der Waals surface area contributed by atoms with Gasteiger partial charge in [0.15, 0.2) is 0 Å². The summed E-state index contributed by atoms with van der Waals surface area (Å²) in [5, 5.41) is 5.39. The monoisotopic (exact) mass is 288 g/mol. The van der Waals surface area contributed by atoms with E-state index < -0.39 is 23.1 Å². The predicted octanol–water partition coefficient (Wildman–Crippen LogP) is 3.44. The zero-order valence-electron chi connectivity index (χ0n) is 9.87. The molecule has 0 aromatic heterocycles. The molecular weight excluding hydrogens is 278 g/mol. The van der Waals surface area contributed by atoms with Gasteiger partial charge in [0.05, 0.1) is 10.6 Å². The van der Waals surface area contributed by atoms with Gasteiger partial charge in [0.2, 0.25) is 0 Å². The van der Waals surface area contributed by atoms with Crippen LogP contribution in [0, 0.1) is 11.6 Å². The van der Waals surface area contributed by atoms with Gasteiger partial charge in [-0.15, -0.1) is 0 Å². The quantitative estimate of drug-likeness (QED) is 0.281. The summed E-state index contributed by atoms with van der Waals surface area (Å²) >= 11 is 5.38. The third-order valence-corrected chi connectivity index (χ3v) is 2.58. The number of nitrogens with one attached hydrogen (secondary N) is 1. The summed E-state index contributed by atoms with van der Waals surface area (Å²) in [6.07, 6.45) is 1.17. The van der Waals surface area contributed by atoms with E-state index in [0.717, 1.165) is 12.1 Å². The average molecular weight is 289 g/mol. The van der Waals surface area contributed by atoms with Crippen LogP contribution < -0.4 is 5.32 Å². The maximum atomic E-state index is 13.4. The van der Waals surface area contributed by atoms with Gasteiger partial charge in [0.25, 0.3) is 5.91 Å². The van der Waals surface area contributed by atoms with E-state index in [1.54, 1.807) is 0 Å². The number of hydrogen-bond acceptors (Lipinski definition) is 2. The molecule has 0 saturated carbocycles. The van der Waals surface area contributed by atoms with Gasteiger partial charge in [0, 0.05) is 18.0 Å². The fourth-order valence-corrected chi connectivity index (χ4v) is 1.50. The van der Waals surface area contributed by atoms with Crippen LogP contribution in [-0.2, 0) is 0 Å². The molecule has 0 saturated heterocycles. The molecule has 1 rings (SSSR count). The van der Waals surface area contributed by atoms with E-state index in [1.807, 2.05) is 0 Å². The molecule has 0 aliphatic carbocycles. The Bertz CT molecular complexity index is 518. The van der Waals surface area contributed by atoms with Crippen molar-refractivity contribution in [2.24, 2.45) is 5.11 Å². The lowest BCUT2D eigenvalue weighted by Crippen LogP contribution is -2.25. The van der Waals surface area contributed by atoms with E-state index in [9.17, 15) is 13.6 Å². The van der Waals surface area contributed by atoms with Crippen molar-refractivity contribution in [1.82, 2.24) is 5.32 Å². The van der Waals surface area contributed by atoms with E-state index in [2.05, 4.69) is 15.3 Å². The Morgan fingerprint density at radius 3 is 2.79 bits per heavy atom. The Labute approximate surface area is 113 Å². The number of amides is 1. The molecule has 1 N–H and O–H groups in total. The number of azide groups is 1. The second kappa shape index (κ2) is 7.56. The van der Waals surface area contributed by atoms with Crippen molar-refractivity contribution >= 4 is 17.5 Å². The number of unbranched alkanes of at least 4 members (excludes halogenated alkanes) is 1. The van der Waals surface area contributed by atoms with Crippen molar-refractivity contribution < 1.29 is 13.6 Å². The first-order valence-electron chi connectivity index (χ1n) is 5.50. The second-order valence-electron chi connectivity index (χ2n) is 3.66. The highest BCUT2D eigenvalue weighted by Gasteiger charge is 2.14. The molecule has 0 fully saturated rings. The van der Waals surface area contributed by atoms with Crippen LogP contribution in [0.3, 0.4) is 0 Å². The minimum atomic E-state index is -0.877. The van der Waals surface area contributed by atoms with E-state index in [1.165, 1.54) is 0 Å². The lowest BCUT2D eigenvalue weighted by molar-refractivity contribution is 0.0948. The number of halogens is 3. The van der Waals surface area contributed by atoms with Crippen LogP contribution in [0.5, 0.6) is 0 Å². The van der Waals surface area contributed by atoms with Gasteiger partial charge < -0.3 is 5.32 Å². The second-order valence-corrected chi connectivity index (χ2v) is 4.07. The molecule has 19 heavy (non-hydrogen) atoms. The fourth-order valence-electron chi connectivity index (χ4n) is 1.35. The molecule has 8 heteroatoms. The van der Waals surface area contributed by atoms with Crippen molar-refractivity contribution in [3.05, 3.63) is 44.8 Å². The lowest BCUT2D eigenvalue weighted by atomic mass is 10.2. The maximum absolute atomic E-state index is 13.4. The molecule has 0 aliphatic heterocycles. The van der Waals surface area contributed by atoms with Crippen molar-refractivity contribution in [3.63, 3.8) is 0 Å². The highest BCUT2D eigenvalue weighted by Crippen LogP contribution is 2.19. The van der Waals surface area contributed by atoms with Crippen molar-refractivity contribution in [2.75, 3.05) is 13.1 Å². The van der Waals surface area contributed by atoms with Crippen LogP contribution in [0.25, 0.3) is 10.4 Å². The number of benzene rings is 1. The van der Waals surface area contributed by atoms with Gasteiger partial charge in [-0.25, -0.2) is 8.78 Å². The molecular formula is C11H11ClF2N4O. The number of rotatable bonds is 6. The summed E-state index contributed by atoms with van der Waals surface area (Å²) in [6.45, 7) is 0.611. The molecule has 0 atom stereocenters. The minimum Gasteiger partial charge on any atom is -0.352 e. The number of nitrogens with zero attached hydrogens (tertiary/aromatic N) is 3. The first kappa shape index (κ1) is 15.2. The molecule has 0 heterocycles. The minimum absolute atomic E-state index is 0.281. The molecule has 1 amide bonds. The molecule has 0 bridgehead atoms.